The van der Waals surface area contributed by atoms with Gasteiger partial charge in [-0.2, -0.15) is 0 Å². The van der Waals surface area contributed by atoms with Crippen molar-refractivity contribution in [3.63, 3.8) is 0 Å². The minimum atomic E-state index is 0.377. The summed E-state index contributed by atoms with van der Waals surface area (Å²) in [6, 6.07) is 1.89. The minimum Gasteiger partial charge on any atom is -0.494 e. The zero-order valence-electron chi connectivity index (χ0n) is 10.3. The Morgan fingerprint density at radius 2 is 2.06 bits per heavy atom. The third kappa shape index (κ3) is 2.61. The van der Waals surface area contributed by atoms with Crippen molar-refractivity contribution in [3.05, 3.63) is 12.3 Å². The van der Waals surface area contributed by atoms with E-state index in [-0.39, 0.29) is 0 Å². The molecule has 1 fully saturated rings. The van der Waals surface area contributed by atoms with Crippen LogP contribution in [0.15, 0.2) is 12.3 Å². The number of nitrogens with two attached hydrogens (primary N) is 1. The fourth-order valence-corrected chi connectivity index (χ4v) is 2.11. The number of rotatable bonds is 3. The van der Waals surface area contributed by atoms with E-state index < -0.39 is 0 Å². The average molecular weight is 237 g/mol. The molecule has 1 aliphatic rings. The minimum absolute atomic E-state index is 0.377. The van der Waals surface area contributed by atoms with Crippen molar-refractivity contribution in [1.29, 1.82) is 0 Å². The number of hydrogen-bond donors (Lipinski definition) is 1. The first kappa shape index (κ1) is 12.0. The molecular formula is C12H19N3O2. The van der Waals surface area contributed by atoms with Gasteiger partial charge in [0, 0.05) is 26.3 Å². The summed E-state index contributed by atoms with van der Waals surface area (Å²) in [7, 11) is 3.39. The van der Waals surface area contributed by atoms with Crippen LogP contribution in [0.4, 0.5) is 11.5 Å². The molecule has 0 atom stereocenters. The van der Waals surface area contributed by atoms with Gasteiger partial charge in [-0.1, -0.05) is 0 Å². The van der Waals surface area contributed by atoms with E-state index in [0.717, 1.165) is 31.7 Å². The summed E-state index contributed by atoms with van der Waals surface area (Å²) < 4.78 is 10.5. The summed E-state index contributed by atoms with van der Waals surface area (Å²) >= 11 is 0. The predicted molar refractivity (Wildman–Crippen MR) is 67.4 cm³/mol. The summed E-state index contributed by atoms with van der Waals surface area (Å²) in [5.74, 6) is 1.61. The van der Waals surface area contributed by atoms with Gasteiger partial charge in [0.25, 0.3) is 0 Å². The molecule has 0 saturated carbocycles. The van der Waals surface area contributed by atoms with E-state index in [1.54, 1.807) is 20.4 Å². The molecule has 17 heavy (non-hydrogen) atoms. The van der Waals surface area contributed by atoms with E-state index in [4.69, 9.17) is 15.2 Å². The Kier molecular flexibility index (Phi) is 3.68. The Morgan fingerprint density at radius 1 is 1.35 bits per heavy atom. The van der Waals surface area contributed by atoms with E-state index in [1.807, 2.05) is 6.07 Å². The largest absolute Gasteiger partial charge is 0.494 e. The highest BCUT2D eigenvalue weighted by Gasteiger charge is 2.20. The van der Waals surface area contributed by atoms with E-state index >= 15 is 0 Å². The molecule has 94 valence electrons. The molecule has 1 aliphatic heterocycles. The molecule has 2 N–H and O–H groups in total. The first-order valence-corrected chi connectivity index (χ1v) is 5.82. The molecule has 1 aromatic heterocycles. The molecule has 0 spiro atoms. The number of nitrogens with zero attached hydrogens (tertiary/aromatic N) is 2. The SMILES string of the molecule is COc1cc(N2CCC(OC)CC2)ncc1N. The van der Waals surface area contributed by atoms with Crippen LogP contribution in [0.5, 0.6) is 5.75 Å². The van der Waals surface area contributed by atoms with Crippen LogP contribution >= 0.6 is 0 Å². The van der Waals surface area contributed by atoms with Crippen LogP contribution in [0.3, 0.4) is 0 Å². The number of hydrogen-bond acceptors (Lipinski definition) is 5. The van der Waals surface area contributed by atoms with Crippen molar-refractivity contribution in [2.24, 2.45) is 0 Å². The van der Waals surface area contributed by atoms with Crippen molar-refractivity contribution in [2.45, 2.75) is 18.9 Å². The predicted octanol–water partition coefficient (Wildman–Crippen LogP) is 1.29. The van der Waals surface area contributed by atoms with Crippen LogP contribution in [0, 0.1) is 0 Å². The van der Waals surface area contributed by atoms with Gasteiger partial charge in [-0.3, -0.25) is 0 Å². The van der Waals surface area contributed by atoms with Crippen LogP contribution in [0.25, 0.3) is 0 Å². The molecule has 5 heteroatoms. The van der Waals surface area contributed by atoms with E-state index in [2.05, 4.69) is 9.88 Å². The molecular weight excluding hydrogens is 218 g/mol. The lowest BCUT2D eigenvalue weighted by atomic mass is 10.1. The van der Waals surface area contributed by atoms with Crippen molar-refractivity contribution >= 4 is 11.5 Å². The topological polar surface area (TPSA) is 60.6 Å². The standard InChI is InChI=1S/C12H19N3O2/c1-16-9-3-5-15(6-4-9)12-7-11(17-2)10(13)8-14-12/h7-9H,3-6,13H2,1-2H3. The normalized spacial score (nSPS) is 17.2. The number of piperidine rings is 1. The van der Waals surface area contributed by atoms with Crippen LogP contribution in [0.2, 0.25) is 0 Å². The molecule has 0 radical (unpaired) electrons. The lowest BCUT2D eigenvalue weighted by molar-refractivity contribution is 0.0818. The number of nitrogen functional groups attached to an aromatic ring is 1. The van der Waals surface area contributed by atoms with Crippen LogP contribution in [-0.2, 0) is 4.74 Å². The third-order valence-electron chi connectivity index (χ3n) is 3.20. The maximum absolute atomic E-state index is 5.75. The summed E-state index contributed by atoms with van der Waals surface area (Å²) in [5, 5.41) is 0. The zero-order valence-corrected chi connectivity index (χ0v) is 10.3. The number of methoxy groups -OCH3 is 2. The van der Waals surface area contributed by atoms with Gasteiger partial charge in [0.2, 0.25) is 0 Å². The van der Waals surface area contributed by atoms with Crippen LogP contribution in [0.1, 0.15) is 12.8 Å². The molecule has 5 nitrogen and oxygen atoms in total. The first-order valence-electron chi connectivity index (χ1n) is 5.82. The average Bonchev–Trinajstić information content (AvgIpc) is 2.39. The Balaban J connectivity index is 2.08. The smallest absolute Gasteiger partial charge is 0.147 e. The Hall–Kier alpha value is -1.49. The quantitative estimate of drug-likeness (QED) is 0.858. The number of pyridine rings is 1. The lowest BCUT2D eigenvalue weighted by Gasteiger charge is -2.32. The van der Waals surface area contributed by atoms with Crippen molar-refractivity contribution < 1.29 is 9.47 Å². The summed E-state index contributed by atoms with van der Waals surface area (Å²) in [6.45, 7) is 1.91. The van der Waals surface area contributed by atoms with E-state index in [0.29, 0.717) is 17.5 Å². The fourth-order valence-electron chi connectivity index (χ4n) is 2.11. The summed E-state index contributed by atoms with van der Waals surface area (Å²) in [5.41, 5.74) is 6.32. The van der Waals surface area contributed by atoms with Gasteiger partial charge < -0.3 is 20.1 Å². The fraction of sp³-hybridized carbons (Fsp3) is 0.583. The van der Waals surface area contributed by atoms with Gasteiger partial charge in [-0.15, -0.1) is 0 Å². The highest BCUT2D eigenvalue weighted by atomic mass is 16.5. The molecule has 0 bridgehead atoms. The molecule has 0 unspecified atom stereocenters. The van der Waals surface area contributed by atoms with Gasteiger partial charge in [0.15, 0.2) is 0 Å². The molecule has 2 heterocycles. The Morgan fingerprint density at radius 3 is 2.65 bits per heavy atom. The van der Waals surface area contributed by atoms with Gasteiger partial charge in [-0.25, -0.2) is 4.98 Å². The molecule has 0 amide bonds. The Labute approximate surface area is 102 Å². The third-order valence-corrected chi connectivity index (χ3v) is 3.20. The number of ether oxygens (including phenoxy) is 2. The van der Waals surface area contributed by atoms with Gasteiger partial charge >= 0.3 is 0 Å². The summed E-state index contributed by atoms with van der Waals surface area (Å²) in [4.78, 5) is 6.58. The highest BCUT2D eigenvalue weighted by molar-refractivity contribution is 5.57. The molecule has 0 aliphatic carbocycles. The number of aromatic nitrogens is 1. The monoisotopic (exact) mass is 237 g/mol. The Bertz CT molecular complexity index is 376. The van der Waals surface area contributed by atoms with Gasteiger partial charge in [-0.05, 0) is 12.8 Å². The molecule has 1 aromatic rings. The maximum Gasteiger partial charge on any atom is 0.147 e. The first-order chi connectivity index (χ1) is 8.24. The van der Waals surface area contributed by atoms with E-state index in [9.17, 15) is 0 Å². The van der Waals surface area contributed by atoms with Crippen molar-refractivity contribution in [3.8, 4) is 5.75 Å². The second-order valence-corrected chi connectivity index (χ2v) is 4.21. The maximum atomic E-state index is 5.75. The number of anilines is 2. The van der Waals surface area contributed by atoms with Gasteiger partial charge in [0.1, 0.15) is 11.6 Å². The zero-order chi connectivity index (χ0) is 12.3. The molecule has 1 saturated heterocycles. The molecule has 2 rings (SSSR count). The van der Waals surface area contributed by atoms with E-state index in [1.165, 1.54) is 0 Å². The molecule has 0 aromatic carbocycles. The van der Waals surface area contributed by atoms with Crippen molar-refractivity contribution in [2.75, 3.05) is 37.9 Å². The lowest BCUT2D eigenvalue weighted by Crippen LogP contribution is -2.37. The highest BCUT2D eigenvalue weighted by Crippen LogP contribution is 2.26. The summed E-state index contributed by atoms with van der Waals surface area (Å²) in [6.07, 6.45) is 4.09. The van der Waals surface area contributed by atoms with Gasteiger partial charge in [0.05, 0.1) is 25.1 Å². The van der Waals surface area contributed by atoms with Crippen molar-refractivity contribution in [1.82, 2.24) is 4.98 Å². The second kappa shape index (κ2) is 5.23. The van der Waals surface area contributed by atoms with Crippen LogP contribution in [-0.4, -0.2) is 38.4 Å². The second-order valence-electron chi connectivity index (χ2n) is 4.21. The van der Waals surface area contributed by atoms with Crippen LogP contribution < -0.4 is 15.4 Å².